The van der Waals surface area contributed by atoms with Gasteiger partial charge in [0.25, 0.3) is 0 Å². The number of methoxy groups -OCH3 is 1. The van der Waals surface area contributed by atoms with Crippen LogP contribution in [0, 0.1) is 0 Å². The van der Waals surface area contributed by atoms with Crippen LogP contribution in [0.1, 0.15) is 25.3 Å². The third kappa shape index (κ3) is 2.33. The SMILES string of the molecule is COC(=O)[C@]1(C)CCC2CN1C(=O)N2OCc1ccccc1. The van der Waals surface area contributed by atoms with E-state index in [-0.39, 0.29) is 18.0 Å². The summed E-state index contributed by atoms with van der Waals surface area (Å²) in [5.74, 6) is -0.371. The van der Waals surface area contributed by atoms with E-state index in [9.17, 15) is 9.59 Å². The highest BCUT2D eigenvalue weighted by Gasteiger charge is 2.55. The molecule has 1 aromatic rings. The van der Waals surface area contributed by atoms with Gasteiger partial charge in [-0.3, -0.25) is 4.84 Å². The fourth-order valence-corrected chi connectivity index (χ4v) is 3.15. The number of hydrogen-bond acceptors (Lipinski definition) is 4. The molecule has 118 valence electrons. The Balaban J connectivity index is 1.72. The summed E-state index contributed by atoms with van der Waals surface area (Å²) in [4.78, 5) is 31.9. The second-order valence-corrected chi connectivity index (χ2v) is 5.94. The zero-order valence-corrected chi connectivity index (χ0v) is 12.8. The molecule has 2 amide bonds. The maximum atomic E-state index is 12.6. The highest BCUT2D eigenvalue weighted by Crippen LogP contribution is 2.37. The first-order chi connectivity index (χ1) is 10.6. The quantitative estimate of drug-likeness (QED) is 0.798. The summed E-state index contributed by atoms with van der Waals surface area (Å²) >= 11 is 0. The van der Waals surface area contributed by atoms with E-state index in [0.717, 1.165) is 12.0 Å². The molecule has 2 fully saturated rings. The van der Waals surface area contributed by atoms with E-state index in [1.807, 2.05) is 30.3 Å². The van der Waals surface area contributed by atoms with Crippen LogP contribution in [0.5, 0.6) is 0 Å². The van der Waals surface area contributed by atoms with Crippen molar-refractivity contribution in [2.75, 3.05) is 13.7 Å². The molecule has 0 saturated carbocycles. The van der Waals surface area contributed by atoms with Crippen LogP contribution >= 0.6 is 0 Å². The lowest BCUT2D eigenvalue weighted by Gasteiger charge is -2.37. The van der Waals surface area contributed by atoms with Gasteiger partial charge in [-0.05, 0) is 25.3 Å². The number of hydrogen-bond donors (Lipinski definition) is 0. The van der Waals surface area contributed by atoms with Crippen molar-refractivity contribution in [2.24, 2.45) is 0 Å². The Hall–Kier alpha value is -2.08. The van der Waals surface area contributed by atoms with E-state index in [4.69, 9.17) is 9.57 Å². The van der Waals surface area contributed by atoms with Gasteiger partial charge in [-0.25, -0.2) is 9.59 Å². The smallest absolute Gasteiger partial charge is 0.345 e. The molecule has 2 aliphatic rings. The second-order valence-electron chi connectivity index (χ2n) is 5.94. The molecule has 3 rings (SSSR count). The third-order valence-corrected chi connectivity index (χ3v) is 4.54. The zero-order chi connectivity index (χ0) is 15.7. The van der Waals surface area contributed by atoms with Crippen molar-refractivity contribution in [3.05, 3.63) is 35.9 Å². The lowest BCUT2D eigenvalue weighted by Crippen LogP contribution is -2.55. The molecule has 2 bridgehead atoms. The van der Waals surface area contributed by atoms with Crippen molar-refractivity contribution in [1.82, 2.24) is 9.96 Å². The summed E-state index contributed by atoms with van der Waals surface area (Å²) in [6, 6.07) is 9.43. The topological polar surface area (TPSA) is 59.1 Å². The molecule has 2 saturated heterocycles. The Labute approximate surface area is 129 Å². The van der Waals surface area contributed by atoms with Crippen molar-refractivity contribution in [2.45, 2.75) is 38.0 Å². The molecule has 0 spiro atoms. The largest absolute Gasteiger partial charge is 0.467 e. The summed E-state index contributed by atoms with van der Waals surface area (Å²) in [5.41, 5.74) is 0.107. The lowest BCUT2D eigenvalue weighted by molar-refractivity contribution is -0.153. The van der Waals surface area contributed by atoms with E-state index in [1.54, 1.807) is 11.8 Å². The molecule has 0 aromatic heterocycles. The predicted molar refractivity (Wildman–Crippen MR) is 78.6 cm³/mol. The first-order valence-electron chi connectivity index (χ1n) is 7.42. The van der Waals surface area contributed by atoms with Crippen LogP contribution in [0.4, 0.5) is 4.79 Å². The first kappa shape index (κ1) is 14.8. The van der Waals surface area contributed by atoms with Crippen LogP contribution in [0.2, 0.25) is 0 Å². The fraction of sp³-hybridized carbons (Fsp3) is 0.500. The van der Waals surface area contributed by atoms with Crippen molar-refractivity contribution in [3.8, 4) is 0 Å². The highest BCUT2D eigenvalue weighted by atomic mass is 16.7. The maximum absolute atomic E-state index is 12.6. The number of piperidine rings is 1. The molecule has 0 aliphatic carbocycles. The number of rotatable bonds is 4. The van der Waals surface area contributed by atoms with E-state index >= 15 is 0 Å². The van der Waals surface area contributed by atoms with Crippen molar-refractivity contribution in [1.29, 1.82) is 0 Å². The maximum Gasteiger partial charge on any atom is 0.345 e. The molecule has 1 aromatic carbocycles. The van der Waals surface area contributed by atoms with Gasteiger partial charge >= 0.3 is 12.0 Å². The Kier molecular flexibility index (Phi) is 3.78. The predicted octanol–water partition coefficient (Wildman–Crippen LogP) is 1.95. The number of esters is 1. The van der Waals surface area contributed by atoms with Crippen molar-refractivity contribution < 1.29 is 19.2 Å². The number of urea groups is 1. The number of amides is 2. The van der Waals surface area contributed by atoms with Crippen LogP contribution < -0.4 is 0 Å². The molecule has 0 radical (unpaired) electrons. The van der Waals surface area contributed by atoms with Gasteiger partial charge < -0.3 is 9.64 Å². The first-order valence-corrected chi connectivity index (χ1v) is 7.42. The van der Waals surface area contributed by atoms with Crippen molar-refractivity contribution >= 4 is 12.0 Å². The molecular formula is C16H20N2O4. The standard InChI is InChI=1S/C16H20N2O4/c1-16(14(19)21-2)9-8-13-10-17(16)15(20)18(13)22-11-12-6-4-3-5-7-12/h3-7,13H,8-11H2,1-2H3/t13?,16-/m0/s1. The summed E-state index contributed by atoms with van der Waals surface area (Å²) in [6.45, 7) is 2.60. The van der Waals surface area contributed by atoms with Gasteiger partial charge in [-0.1, -0.05) is 30.3 Å². The Morgan fingerprint density at radius 1 is 1.36 bits per heavy atom. The second kappa shape index (κ2) is 5.61. The Morgan fingerprint density at radius 2 is 2.09 bits per heavy atom. The van der Waals surface area contributed by atoms with Gasteiger partial charge in [0, 0.05) is 6.54 Å². The highest BCUT2D eigenvalue weighted by molar-refractivity contribution is 5.88. The van der Waals surface area contributed by atoms with Gasteiger partial charge in [0.1, 0.15) is 12.1 Å². The Morgan fingerprint density at radius 3 is 2.77 bits per heavy atom. The minimum atomic E-state index is -0.896. The Bertz CT molecular complexity index is 577. The van der Waals surface area contributed by atoms with Gasteiger partial charge in [0.15, 0.2) is 0 Å². The van der Waals surface area contributed by atoms with Gasteiger partial charge in [-0.2, -0.15) is 5.06 Å². The summed E-state index contributed by atoms with van der Waals surface area (Å²) in [5, 5.41) is 1.42. The third-order valence-electron chi connectivity index (χ3n) is 4.54. The van der Waals surface area contributed by atoms with Crippen molar-refractivity contribution in [3.63, 3.8) is 0 Å². The van der Waals surface area contributed by atoms with Gasteiger partial charge in [-0.15, -0.1) is 0 Å². The van der Waals surface area contributed by atoms with E-state index in [2.05, 4.69) is 0 Å². The molecule has 6 heteroatoms. The fourth-order valence-electron chi connectivity index (χ4n) is 3.15. The van der Waals surface area contributed by atoms with Gasteiger partial charge in [0.05, 0.1) is 13.2 Å². The monoisotopic (exact) mass is 304 g/mol. The van der Waals surface area contributed by atoms with E-state index in [1.165, 1.54) is 12.2 Å². The van der Waals surface area contributed by atoms with Crippen LogP contribution in [-0.2, 0) is 21.0 Å². The number of benzene rings is 1. The minimum absolute atomic E-state index is 0.00561. The van der Waals surface area contributed by atoms with Crippen LogP contribution in [0.25, 0.3) is 0 Å². The van der Waals surface area contributed by atoms with Crippen LogP contribution in [-0.4, -0.2) is 47.2 Å². The van der Waals surface area contributed by atoms with Gasteiger partial charge in [0.2, 0.25) is 0 Å². The summed E-state index contributed by atoms with van der Waals surface area (Å²) in [7, 11) is 1.35. The molecule has 0 N–H and O–H groups in total. The number of hydroxylamine groups is 2. The lowest BCUT2D eigenvalue weighted by atomic mass is 9.88. The number of carbonyl (C=O) groups is 2. The zero-order valence-electron chi connectivity index (χ0n) is 12.8. The van der Waals surface area contributed by atoms with E-state index in [0.29, 0.717) is 19.6 Å². The molecule has 2 aliphatic heterocycles. The number of fused-ring (bicyclic) bond motifs is 2. The normalized spacial score (nSPS) is 27.2. The number of ether oxygens (including phenoxy) is 1. The molecule has 1 unspecified atom stereocenters. The van der Waals surface area contributed by atoms with Crippen LogP contribution in [0.3, 0.4) is 0 Å². The molecule has 6 nitrogen and oxygen atoms in total. The van der Waals surface area contributed by atoms with Crippen LogP contribution in [0.15, 0.2) is 30.3 Å². The average Bonchev–Trinajstić information content (AvgIpc) is 2.83. The van der Waals surface area contributed by atoms with E-state index < -0.39 is 5.54 Å². The summed E-state index contributed by atoms with van der Waals surface area (Å²) < 4.78 is 4.86. The molecule has 2 heterocycles. The minimum Gasteiger partial charge on any atom is -0.467 e. The molecule has 22 heavy (non-hydrogen) atoms. The molecular weight excluding hydrogens is 284 g/mol. The summed E-state index contributed by atoms with van der Waals surface area (Å²) in [6.07, 6.45) is 1.31. The number of nitrogens with zero attached hydrogens (tertiary/aromatic N) is 2. The molecule has 2 atom stereocenters. The average molecular weight is 304 g/mol. The number of carbonyl (C=O) groups excluding carboxylic acids is 2.